The molecular weight excluding hydrogens is 272 g/mol. The van der Waals surface area contributed by atoms with Crippen molar-refractivity contribution in [1.29, 1.82) is 0 Å². The Hall–Kier alpha value is -1.41. The zero-order valence-corrected chi connectivity index (χ0v) is 13.6. The van der Waals surface area contributed by atoms with Gasteiger partial charge in [-0.05, 0) is 56.4 Å². The van der Waals surface area contributed by atoms with E-state index in [0.717, 1.165) is 32.0 Å². The lowest BCUT2D eigenvalue weighted by Crippen LogP contribution is -2.20. The molecule has 2 rings (SSSR count). The molecule has 1 aliphatic rings. The molecule has 1 aromatic rings. The maximum Gasteiger partial charge on any atom is 0.127 e. The lowest BCUT2D eigenvalue weighted by atomic mass is 9.84. The summed E-state index contributed by atoms with van der Waals surface area (Å²) in [5.74, 6) is 0.337. The molecule has 0 saturated heterocycles. The molecule has 0 saturated carbocycles. The summed E-state index contributed by atoms with van der Waals surface area (Å²) in [5, 5.41) is 10.3. The fraction of sp³-hybridized carbons (Fsp3) is 0.550. The number of aliphatic hydroxyl groups excluding tert-OH is 1. The van der Waals surface area contributed by atoms with Gasteiger partial charge in [0, 0.05) is 5.92 Å². The fourth-order valence-corrected chi connectivity index (χ4v) is 3.45. The number of allylic oxidation sites excluding steroid dienone is 2. The Balaban J connectivity index is 1.81. The first kappa shape index (κ1) is 17.0. The van der Waals surface area contributed by atoms with Crippen LogP contribution in [-0.2, 0) is 11.2 Å². The Morgan fingerprint density at radius 2 is 1.95 bits per heavy atom. The van der Waals surface area contributed by atoms with Crippen LogP contribution < -0.4 is 0 Å². The predicted octanol–water partition coefficient (Wildman–Crippen LogP) is 4.32. The van der Waals surface area contributed by atoms with Gasteiger partial charge in [0.15, 0.2) is 0 Å². The van der Waals surface area contributed by atoms with Crippen molar-refractivity contribution in [3.05, 3.63) is 47.5 Å². The van der Waals surface area contributed by atoms with Gasteiger partial charge in [-0.2, -0.15) is 0 Å². The van der Waals surface area contributed by atoms with Crippen molar-refractivity contribution < 1.29 is 9.90 Å². The van der Waals surface area contributed by atoms with E-state index in [-0.39, 0.29) is 5.92 Å². The van der Waals surface area contributed by atoms with Crippen LogP contribution in [0.4, 0.5) is 0 Å². The molecule has 0 spiro atoms. The van der Waals surface area contributed by atoms with E-state index < -0.39 is 6.10 Å². The van der Waals surface area contributed by atoms with Crippen molar-refractivity contribution >= 4 is 6.29 Å². The standard InChI is InChI=1S/C20H28O2/c1-16(12-17-8-4-2-5-9-17)13-20(22)14-19(15-21)18-10-6-3-7-11-18/h2,4-5,8-10,15-16,19-20,22H,3,6-7,11-14H2,1H3. The molecule has 0 radical (unpaired) electrons. The minimum Gasteiger partial charge on any atom is -0.393 e. The minimum atomic E-state index is -0.392. The van der Waals surface area contributed by atoms with Gasteiger partial charge >= 0.3 is 0 Å². The number of benzene rings is 1. The summed E-state index contributed by atoms with van der Waals surface area (Å²) in [4.78, 5) is 11.4. The van der Waals surface area contributed by atoms with E-state index in [0.29, 0.717) is 12.3 Å². The van der Waals surface area contributed by atoms with Crippen LogP contribution in [0.3, 0.4) is 0 Å². The van der Waals surface area contributed by atoms with Gasteiger partial charge < -0.3 is 9.90 Å². The zero-order valence-electron chi connectivity index (χ0n) is 13.6. The number of aldehydes is 1. The van der Waals surface area contributed by atoms with E-state index >= 15 is 0 Å². The molecule has 0 fully saturated rings. The monoisotopic (exact) mass is 300 g/mol. The molecule has 1 aromatic carbocycles. The van der Waals surface area contributed by atoms with Crippen LogP contribution in [-0.4, -0.2) is 17.5 Å². The predicted molar refractivity (Wildman–Crippen MR) is 90.7 cm³/mol. The van der Waals surface area contributed by atoms with Crippen LogP contribution in [0.5, 0.6) is 0 Å². The average Bonchev–Trinajstić information content (AvgIpc) is 2.54. The van der Waals surface area contributed by atoms with Gasteiger partial charge in [-0.15, -0.1) is 0 Å². The highest BCUT2D eigenvalue weighted by atomic mass is 16.3. The molecule has 0 amide bonds. The molecule has 0 heterocycles. The quantitative estimate of drug-likeness (QED) is 0.573. The Bertz CT molecular complexity index is 478. The number of carbonyl (C=O) groups is 1. The van der Waals surface area contributed by atoms with Gasteiger partial charge in [0.1, 0.15) is 6.29 Å². The van der Waals surface area contributed by atoms with Crippen LogP contribution in [0.2, 0.25) is 0 Å². The highest BCUT2D eigenvalue weighted by molar-refractivity contribution is 5.59. The van der Waals surface area contributed by atoms with Gasteiger partial charge in [-0.3, -0.25) is 0 Å². The first-order valence-electron chi connectivity index (χ1n) is 8.55. The third-order valence-corrected chi connectivity index (χ3v) is 4.59. The van der Waals surface area contributed by atoms with Gasteiger partial charge in [0.05, 0.1) is 6.10 Å². The molecular formula is C20H28O2. The van der Waals surface area contributed by atoms with E-state index in [9.17, 15) is 9.90 Å². The summed E-state index contributed by atoms with van der Waals surface area (Å²) >= 11 is 0. The molecule has 22 heavy (non-hydrogen) atoms. The normalized spacial score (nSPS) is 19.1. The Labute approximate surface area is 134 Å². The molecule has 120 valence electrons. The van der Waals surface area contributed by atoms with E-state index in [1.165, 1.54) is 24.0 Å². The van der Waals surface area contributed by atoms with Gasteiger partial charge in [0.25, 0.3) is 0 Å². The van der Waals surface area contributed by atoms with Crippen LogP contribution in [0.1, 0.15) is 51.0 Å². The molecule has 0 aromatic heterocycles. The van der Waals surface area contributed by atoms with E-state index in [1.807, 2.05) is 6.07 Å². The van der Waals surface area contributed by atoms with Crippen LogP contribution >= 0.6 is 0 Å². The number of aliphatic hydroxyl groups is 1. The SMILES string of the molecule is CC(Cc1ccccc1)CC(O)CC(C=O)C1=CCCCC1. The largest absolute Gasteiger partial charge is 0.393 e. The highest BCUT2D eigenvalue weighted by Gasteiger charge is 2.20. The highest BCUT2D eigenvalue weighted by Crippen LogP contribution is 2.27. The number of hydrogen-bond donors (Lipinski definition) is 1. The third kappa shape index (κ3) is 5.42. The smallest absolute Gasteiger partial charge is 0.127 e. The fourth-order valence-electron chi connectivity index (χ4n) is 3.45. The van der Waals surface area contributed by atoms with Crippen LogP contribution in [0.25, 0.3) is 0 Å². The summed E-state index contributed by atoms with van der Waals surface area (Å²) < 4.78 is 0. The summed E-state index contributed by atoms with van der Waals surface area (Å²) in [6, 6.07) is 10.4. The maximum absolute atomic E-state index is 11.4. The third-order valence-electron chi connectivity index (χ3n) is 4.59. The number of carbonyl (C=O) groups excluding carboxylic acids is 1. The van der Waals surface area contributed by atoms with E-state index in [4.69, 9.17) is 0 Å². The number of hydrogen-bond acceptors (Lipinski definition) is 2. The first-order chi connectivity index (χ1) is 10.7. The van der Waals surface area contributed by atoms with Crippen LogP contribution in [0.15, 0.2) is 42.0 Å². The van der Waals surface area contributed by atoms with Crippen molar-refractivity contribution in [3.63, 3.8) is 0 Å². The summed E-state index contributed by atoms with van der Waals surface area (Å²) in [5.41, 5.74) is 2.56. The molecule has 0 aliphatic heterocycles. The Morgan fingerprint density at radius 1 is 1.18 bits per heavy atom. The average molecular weight is 300 g/mol. The Morgan fingerprint density at radius 3 is 2.59 bits per heavy atom. The molecule has 1 N–H and O–H groups in total. The second kappa shape index (κ2) is 8.89. The topological polar surface area (TPSA) is 37.3 Å². The van der Waals surface area contributed by atoms with E-state index in [1.54, 1.807) is 0 Å². The maximum atomic E-state index is 11.4. The van der Waals surface area contributed by atoms with Crippen molar-refractivity contribution in [2.24, 2.45) is 11.8 Å². The molecule has 1 aliphatic carbocycles. The van der Waals surface area contributed by atoms with Crippen molar-refractivity contribution in [2.45, 2.75) is 58.0 Å². The lowest BCUT2D eigenvalue weighted by molar-refractivity contribution is -0.111. The summed E-state index contributed by atoms with van der Waals surface area (Å²) in [6.07, 6.45) is 9.67. The van der Waals surface area contributed by atoms with Crippen molar-refractivity contribution in [2.75, 3.05) is 0 Å². The summed E-state index contributed by atoms with van der Waals surface area (Å²) in [7, 11) is 0. The summed E-state index contributed by atoms with van der Waals surface area (Å²) in [6.45, 7) is 2.17. The number of rotatable bonds is 8. The molecule has 0 bridgehead atoms. The zero-order chi connectivity index (χ0) is 15.8. The minimum absolute atomic E-state index is 0.0841. The second-order valence-corrected chi connectivity index (χ2v) is 6.69. The lowest BCUT2D eigenvalue weighted by Gasteiger charge is -2.23. The van der Waals surface area contributed by atoms with Crippen LogP contribution in [0, 0.1) is 11.8 Å². The van der Waals surface area contributed by atoms with Gasteiger partial charge in [0.2, 0.25) is 0 Å². The van der Waals surface area contributed by atoms with E-state index in [2.05, 4.69) is 37.3 Å². The molecule has 3 atom stereocenters. The molecule has 2 heteroatoms. The first-order valence-corrected chi connectivity index (χ1v) is 8.55. The van der Waals surface area contributed by atoms with Crippen molar-refractivity contribution in [1.82, 2.24) is 0 Å². The molecule has 2 nitrogen and oxygen atoms in total. The Kier molecular flexibility index (Phi) is 6.85. The second-order valence-electron chi connectivity index (χ2n) is 6.69. The molecule has 3 unspecified atom stereocenters. The van der Waals surface area contributed by atoms with Crippen molar-refractivity contribution in [3.8, 4) is 0 Å². The van der Waals surface area contributed by atoms with Gasteiger partial charge in [-0.1, -0.05) is 48.9 Å². The van der Waals surface area contributed by atoms with Gasteiger partial charge in [-0.25, -0.2) is 0 Å².